The zero-order chi connectivity index (χ0) is 15.2. The molecule has 1 fully saturated rings. The summed E-state index contributed by atoms with van der Waals surface area (Å²) in [6, 6.07) is 0. The Morgan fingerprint density at radius 3 is 2.65 bits per heavy atom. The zero-order valence-corrected chi connectivity index (χ0v) is 13.1. The Labute approximate surface area is 121 Å². The van der Waals surface area contributed by atoms with Crippen LogP contribution in [0.5, 0.6) is 0 Å². The molecule has 1 unspecified atom stereocenters. The van der Waals surface area contributed by atoms with Crippen molar-refractivity contribution < 1.29 is 19.1 Å². The number of rotatable bonds is 5. The van der Waals surface area contributed by atoms with Gasteiger partial charge in [0.15, 0.2) is 0 Å². The van der Waals surface area contributed by atoms with E-state index in [4.69, 9.17) is 9.47 Å². The second-order valence-corrected chi connectivity index (χ2v) is 6.24. The van der Waals surface area contributed by atoms with Crippen LogP contribution < -0.4 is 0 Å². The zero-order valence-electron chi connectivity index (χ0n) is 13.1. The maximum Gasteiger partial charge on any atom is 0.410 e. The smallest absolute Gasteiger partial charge is 0.410 e. The van der Waals surface area contributed by atoms with Crippen molar-refractivity contribution >= 4 is 11.9 Å². The maximum atomic E-state index is 12.0. The van der Waals surface area contributed by atoms with E-state index >= 15 is 0 Å². The number of ether oxygens (including phenoxy) is 2. The molecule has 0 bridgehead atoms. The molecule has 20 heavy (non-hydrogen) atoms. The minimum atomic E-state index is -0.502. The highest BCUT2D eigenvalue weighted by Crippen LogP contribution is 2.19. The van der Waals surface area contributed by atoms with Gasteiger partial charge in [-0.25, -0.2) is 4.79 Å². The average Bonchev–Trinajstić information content (AvgIpc) is 2.34. The van der Waals surface area contributed by atoms with Gasteiger partial charge >= 0.3 is 6.09 Å². The highest BCUT2D eigenvalue weighted by Gasteiger charge is 2.31. The number of likely N-dealkylation sites (tertiary alicyclic amines) is 1. The number of piperidine rings is 1. The molecule has 1 aliphatic heterocycles. The number of hydrogen-bond donors (Lipinski definition) is 0. The fourth-order valence-corrected chi connectivity index (χ4v) is 2.12. The molecular weight excluding hydrogens is 258 g/mol. The number of ketones is 1. The van der Waals surface area contributed by atoms with Crippen LogP contribution in [-0.2, 0) is 14.3 Å². The van der Waals surface area contributed by atoms with E-state index in [1.54, 1.807) is 4.90 Å². The van der Waals surface area contributed by atoms with Crippen LogP contribution in [0.4, 0.5) is 4.79 Å². The van der Waals surface area contributed by atoms with Crippen molar-refractivity contribution in [3.05, 3.63) is 0 Å². The van der Waals surface area contributed by atoms with Crippen LogP contribution in [0.2, 0.25) is 0 Å². The highest BCUT2D eigenvalue weighted by molar-refractivity contribution is 5.84. The third-order valence-electron chi connectivity index (χ3n) is 3.14. The fourth-order valence-electron chi connectivity index (χ4n) is 2.12. The first-order valence-electron chi connectivity index (χ1n) is 7.42. The summed E-state index contributed by atoms with van der Waals surface area (Å²) in [6.07, 6.45) is 1.74. The van der Waals surface area contributed by atoms with Crippen molar-refractivity contribution in [3.63, 3.8) is 0 Å². The largest absolute Gasteiger partial charge is 0.444 e. The third kappa shape index (κ3) is 5.90. The summed E-state index contributed by atoms with van der Waals surface area (Å²) < 4.78 is 10.8. The summed E-state index contributed by atoms with van der Waals surface area (Å²) in [5, 5.41) is 0. The number of carbonyl (C=O) groups is 2. The number of Topliss-reactive ketones (excluding diaryl/α,β-unsaturated/α-hetero) is 1. The maximum absolute atomic E-state index is 12.0. The lowest BCUT2D eigenvalue weighted by Gasteiger charge is -2.33. The van der Waals surface area contributed by atoms with Crippen LogP contribution in [0.3, 0.4) is 0 Å². The quantitative estimate of drug-likeness (QED) is 0.729. The SMILES string of the molecule is CCCOCCC1CN(C(=O)OC(C)(C)C)CCC1=O. The molecule has 0 spiro atoms. The van der Waals surface area contributed by atoms with Gasteiger partial charge in [-0.15, -0.1) is 0 Å². The lowest BCUT2D eigenvalue weighted by atomic mass is 9.94. The van der Waals surface area contributed by atoms with E-state index in [9.17, 15) is 9.59 Å². The van der Waals surface area contributed by atoms with E-state index in [0.29, 0.717) is 32.5 Å². The summed E-state index contributed by atoms with van der Waals surface area (Å²) in [5.74, 6) is 0.109. The van der Waals surface area contributed by atoms with Crippen molar-refractivity contribution in [2.45, 2.75) is 52.6 Å². The highest BCUT2D eigenvalue weighted by atomic mass is 16.6. The van der Waals surface area contributed by atoms with Crippen molar-refractivity contribution in [2.75, 3.05) is 26.3 Å². The van der Waals surface area contributed by atoms with E-state index in [1.165, 1.54) is 0 Å². The molecule has 1 rings (SSSR count). The van der Waals surface area contributed by atoms with Crippen LogP contribution in [0, 0.1) is 5.92 Å². The van der Waals surface area contributed by atoms with E-state index in [-0.39, 0.29) is 17.8 Å². The molecular formula is C15H27NO4. The number of hydrogen-bond acceptors (Lipinski definition) is 4. The summed E-state index contributed by atoms with van der Waals surface area (Å²) >= 11 is 0. The predicted molar refractivity (Wildman–Crippen MR) is 76.6 cm³/mol. The fraction of sp³-hybridized carbons (Fsp3) is 0.867. The van der Waals surface area contributed by atoms with Crippen molar-refractivity contribution in [3.8, 4) is 0 Å². The van der Waals surface area contributed by atoms with Gasteiger partial charge in [0.2, 0.25) is 0 Å². The number of carbonyl (C=O) groups excluding carboxylic acids is 2. The molecule has 0 saturated carbocycles. The molecule has 0 radical (unpaired) electrons. The summed E-state index contributed by atoms with van der Waals surface area (Å²) in [4.78, 5) is 25.5. The minimum absolute atomic E-state index is 0.117. The van der Waals surface area contributed by atoms with E-state index < -0.39 is 5.60 Å². The first-order chi connectivity index (χ1) is 9.33. The van der Waals surface area contributed by atoms with Crippen LogP contribution in [-0.4, -0.2) is 48.7 Å². The first kappa shape index (κ1) is 17.0. The minimum Gasteiger partial charge on any atom is -0.444 e. The molecule has 0 aliphatic carbocycles. The Morgan fingerprint density at radius 2 is 2.05 bits per heavy atom. The van der Waals surface area contributed by atoms with Crippen molar-refractivity contribution in [1.82, 2.24) is 4.90 Å². The van der Waals surface area contributed by atoms with Gasteiger partial charge in [-0.2, -0.15) is 0 Å². The van der Waals surface area contributed by atoms with E-state index in [1.807, 2.05) is 20.8 Å². The van der Waals surface area contributed by atoms with Crippen LogP contribution in [0.15, 0.2) is 0 Å². The van der Waals surface area contributed by atoms with Gasteiger partial charge in [0.1, 0.15) is 11.4 Å². The van der Waals surface area contributed by atoms with Gasteiger partial charge < -0.3 is 14.4 Å². The molecule has 1 heterocycles. The summed E-state index contributed by atoms with van der Waals surface area (Å²) in [7, 11) is 0. The topological polar surface area (TPSA) is 55.8 Å². The summed E-state index contributed by atoms with van der Waals surface area (Å²) in [6.45, 7) is 9.78. The van der Waals surface area contributed by atoms with Gasteiger partial charge in [-0.05, 0) is 33.6 Å². The molecule has 116 valence electrons. The predicted octanol–water partition coefficient (Wildman–Crippen LogP) is 2.63. The second kappa shape index (κ2) is 7.62. The van der Waals surface area contributed by atoms with E-state index in [2.05, 4.69) is 6.92 Å². The lowest BCUT2D eigenvalue weighted by molar-refractivity contribution is -0.126. The molecule has 0 N–H and O–H groups in total. The third-order valence-corrected chi connectivity index (χ3v) is 3.14. The monoisotopic (exact) mass is 285 g/mol. The molecule has 0 aromatic rings. The number of amides is 1. The van der Waals surface area contributed by atoms with Crippen LogP contribution >= 0.6 is 0 Å². The molecule has 5 nitrogen and oxygen atoms in total. The lowest BCUT2D eigenvalue weighted by Crippen LogP contribution is -2.46. The second-order valence-electron chi connectivity index (χ2n) is 6.24. The molecule has 1 amide bonds. The van der Waals surface area contributed by atoms with Gasteiger partial charge in [0.25, 0.3) is 0 Å². The molecule has 0 aromatic carbocycles. The van der Waals surface area contributed by atoms with Crippen molar-refractivity contribution in [2.24, 2.45) is 5.92 Å². The standard InChI is InChI=1S/C15H27NO4/c1-5-9-19-10-7-12-11-16(8-6-13(12)17)14(18)20-15(2,3)4/h12H,5-11H2,1-4H3. The molecule has 1 aliphatic rings. The molecule has 0 aromatic heterocycles. The molecule has 5 heteroatoms. The van der Waals surface area contributed by atoms with Crippen molar-refractivity contribution in [1.29, 1.82) is 0 Å². The Balaban J connectivity index is 2.44. The molecule has 1 atom stereocenters. The Kier molecular flexibility index (Phi) is 6.46. The van der Waals surface area contributed by atoms with Gasteiger partial charge in [0, 0.05) is 38.6 Å². The van der Waals surface area contributed by atoms with Crippen LogP contribution in [0.1, 0.15) is 47.0 Å². The average molecular weight is 285 g/mol. The normalized spacial score (nSPS) is 20.1. The Morgan fingerprint density at radius 1 is 1.35 bits per heavy atom. The van der Waals surface area contributed by atoms with E-state index in [0.717, 1.165) is 13.0 Å². The van der Waals surface area contributed by atoms with Gasteiger partial charge in [0.05, 0.1) is 0 Å². The Bertz CT molecular complexity index is 335. The van der Waals surface area contributed by atoms with Gasteiger partial charge in [-0.3, -0.25) is 4.79 Å². The summed E-state index contributed by atoms with van der Waals surface area (Å²) in [5.41, 5.74) is -0.502. The molecule has 1 saturated heterocycles. The first-order valence-corrected chi connectivity index (χ1v) is 7.42. The van der Waals surface area contributed by atoms with Gasteiger partial charge in [-0.1, -0.05) is 6.92 Å². The Hall–Kier alpha value is -1.10. The number of nitrogens with zero attached hydrogens (tertiary/aromatic N) is 1. The van der Waals surface area contributed by atoms with Crippen LogP contribution in [0.25, 0.3) is 0 Å².